The number of aromatic nitrogens is 2. The molecule has 0 saturated carbocycles. The number of nitrogens with two attached hydrogens (primary N) is 1. The summed E-state index contributed by atoms with van der Waals surface area (Å²) in [4.78, 5) is 11.0. The highest BCUT2D eigenvalue weighted by molar-refractivity contribution is 7.89. The number of hydrogen-bond acceptors (Lipinski definition) is 6. The zero-order valence-electron chi connectivity index (χ0n) is 17.8. The van der Waals surface area contributed by atoms with Gasteiger partial charge in [-0.3, -0.25) is 4.79 Å². The number of carbonyl (C=O) groups is 1. The summed E-state index contributed by atoms with van der Waals surface area (Å²) in [6.07, 6.45) is 0.998. The molecule has 0 aliphatic carbocycles. The Balaban J connectivity index is 1.44. The van der Waals surface area contributed by atoms with Crippen LogP contribution in [0.2, 0.25) is 0 Å². The van der Waals surface area contributed by atoms with Gasteiger partial charge in [-0.1, -0.05) is 0 Å². The van der Waals surface area contributed by atoms with Crippen LogP contribution in [0.1, 0.15) is 29.7 Å². The highest BCUT2D eigenvalue weighted by Crippen LogP contribution is 2.28. The molecule has 1 aliphatic rings. The monoisotopic (exact) mass is 486 g/mol. The van der Waals surface area contributed by atoms with Gasteiger partial charge in [-0.25, -0.2) is 26.6 Å². The lowest BCUT2D eigenvalue weighted by molar-refractivity contribution is -0.116. The molecule has 2 heterocycles. The van der Waals surface area contributed by atoms with E-state index in [4.69, 9.17) is 5.73 Å². The van der Waals surface area contributed by atoms with E-state index in [-0.39, 0.29) is 48.8 Å². The summed E-state index contributed by atoms with van der Waals surface area (Å²) in [5.41, 5.74) is 7.81. The zero-order chi connectivity index (χ0) is 24.5. The number of sulfonamides is 1. The van der Waals surface area contributed by atoms with Crippen molar-refractivity contribution in [2.24, 2.45) is 0 Å². The van der Waals surface area contributed by atoms with Crippen LogP contribution in [-0.4, -0.2) is 30.7 Å². The molecule has 1 aliphatic heterocycles. The van der Waals surface area contributed by atoms with E-state index < -0.39 is 26.6 Å². The molecule has 0 spiro atoms. The smallest absolute Gasteiger partial charge is 0.243 e. The minimum atomic E-state index is -4.15. The molecule has 12 heteroatoms. The third-order valence-electron chi connectivity index (χ3n) is 5.40. The number of amides is 1. The van der Waals surface area contributed by atoms with E-state index in [2.05, 4.69) is 15.1 Å². The SMILES string of the molecule is N#Cc1c(CCCNS(=O)(=O)c2cc3c(cc2F)NC(=O)CC3)nn(-c2ccc(F)cc2)c1N. The first-order chi connectivity index (χ1) is 16.2. The molecule has 3 aromatic rings. The van der Waals surface area contributed by atoms with Crippen molar-refractivity contribution in [3.05, 3.63) is 64.9 Å². The summed E-state index contributed by atoms with van der Waals surface area (Å²) in [6.45, 7) is -0.0379. The molecule has 9 nitrogen and oxygen atoms in total. The van der Waals surface area contributed by atoms with Gasteiger partial charge >= 0.3 is 0 Å². The van der Waals surface area contributed by atoms with Gasteiger partial charge in [0.15, 0.2) is 0 Å². The summed E-state index contributed by atoms with van der Waals surface area (Å²) in [5, 5.41) is 16.3. The Morgan fingerprint density at radius 1 is 1.21 bits per heavy atom. The summed E-state index contributed by atoms with van der Waals surface area (Å²) in [7, 11) is -4.15. The number of nitrogens with zero attached hydrogens (tertiary/aromatic N) is 3. The number of halogens is 2. The molecule has 1 amide bonds. The standard InChI is InChI=1S/C22H20F2N6O3S/c23-14-4-6-15(7-5-14)30-22(26)16(12-25)18(29-30)2-1-9-27-34(32,33)20-10-13-3-8-21(31)28-19(13)11-17(20)24/h4-7,10-11,27H,1-3,8-9,26H2,(H,28,31). The van der Waals surface area contributed by atoms with Crippen molar-refractivity contribution in [1.29, 1.82) is 5.26 Å². The van der Waals surface area contributed by atoms with E-state index in [0.717, 1.165) is 6.07 Å². The number of rotatable bonds is 7. The molecule has 0 saturated heterocycles. The van der Waals surface area contributed by atoms with Crippen LogP contribution in [0.5, 0.6) is 0 Å². The molecule has 0 atom stereocenters. The topological polar surface area (TPSA) is 143 Å². The molecule has 2 aromatic carbocycles. The van der Waals surface area contributed by atoms with Crippen molar-refractivity contribution in [2.75, 3.05) is 17.6 Å². The van der Waals surface area contributed by atoms with Crippen LogP contribution >= 0.6 is 0 Å². The Hall–Kier alpha value is -3.82. The van der Waals surface area contributed by atoms with Crippen molar-refractivity contribution in [3.8, 4) is 11.8 Å². The van der Waals surface area contributed by atoms with Crippen molar-refractivity contribution in [2.45, 2.75) is 30.6 Å². The van der Waals surface area contributed by atoms with Crippen molar-refractivity contribution in [3.63, 3.8) is 0 Å². The average molecular weight is 487 g/mol. The van der Waals surface area contributed by atoms with Crippen molar-refractivity contribution in [1.82, 2.24) is 14.5 Å². The van der Waals surface area contributed by atoms with Gasteiger partial charge in [0.1, 0.15) is 34.0 Å². The van der Waals surface area contributed by atoms with E-state index in [1.54, 1.807) is 0 Å². The fourth-order valence-electron chi connectivity index (χ4n) is 3.68. The van der Waals surface area contributed by atoms with Crippen LogP contribution in [-0.2, 0) is 27.7 Å². The lowest BCUT2D eigenvalue weighted by Gasteiger charge is -2.18. The Labute approximate surface area is 194 Å². The first-order valence-electron chi connectivity index (χ1n) is 10.3. The van der Waals surface area contributed by atoms with Crippen LogP contribution in [0.25, 0.3) is 5.69 Å². The highest BCUT2D eigenvalue weighted by Gasteiger charge is 2.24. The molecule has 0 bridgehead atoms. The van der Waals surface area contributed by atoms with Gasteiger partial charge in [-0.05, 0) is 61.2 Å². The molecule has 0 radical (unpaired) electrons. The summed E-state index contributed by atoms with van der Waals surface area (Å²) in [6, 6.07) is 9.64. The maximum absolute atomic E-state index is 14.4. The van der Waals surface area contributed by atoms with Gasteiger partial charge in [-0.15, -0.1) is 0 Å². The highest BCUT2D eigenvalue weighted by atomic mass is 32.2. The Morgan fingerprint density at radius 2 is 1.94 bits per heavy atom. The maximum atomic E-state index is 14.4. The average Bonchev–Trinajstić information content (AvgIpc) is 3.11. The van der Waals surface area contributed by atoms with E-state index in [1.165, 1.54) is 35.0 Å². The number of hydrogen-bond donors (Lipinski definition) is 3. The predicted molar refractivity (Wildman–Crippen MR) is 120 cm³/mol. The quantitative estimate of drug-likeness (QED) is 0.438. The van der Waals surface area contributed by atoms with Crippen LogP contribution in [0.3, 0.4) is 0 Å². The number of fused-ring (bicyclic) bond motifs is 1. The van der Waals surface area contributed by atoms with E-state index >= 15 is 0 Å². The number of aryl methyl sites for hydroxylation is 2. The molecule has 4 N–H and O–H groups in total. The van der Waals surface area contributed by atoms with E-state index in [1.807, 2.05) is 6.07 Å². The molecule has 176 valence electrons. The lowest BCUT2D eigenvalue weighted by atomic mass is 10.0. The summed E-state index contributed by atoms with van der Waals surface area (Å²) < 4.78 is 56.6. The van der Waals surface area contributed by atoms with Gasteiger partial charge in [-0.2, -0.15) is 10.4 Å². The minimum Gasteiger partial charge on any atom is -0.382 e. The van der Waals surface area contributed by atoms with Crippen molar-refractivity contribution >= 4 is 27.4 Å². The second-order valence-electron chi connectivity index (χ2n) is 7.70. The second kappa shape index (κ2) is 9.20. The van der Waals surface area contributed by atoms with Crippen LogP contribution in [0.15, 0.2) is 41.3 Å². The molecule has 4 rings (SSSR count). The zero-order valence-corrected chi connectivity index (χ0v) is 18.6. The molecule has 0 fully saturated rings. The second-order valence-corrected chi connectivity index (χ2v) is 9.43. The van der Waals surface area contributed by atoms with Gasteiger partial charge in [0.2, 0.25) is 15.9 Å². The number of carbonyl (C=O) groups excluding carboxylic acids is 1. The first-order valence-corrected chi connectivity index (χ1v) is 11.8. The number of nitriles is 1. The number of nitrogens with one attached hydrogen (secondary N) is 2. The normalized spacial score (nSPS) is 13.3. The van der Waals surface area contributed by atoms with Gasteiger partial charge in [0, 0.05) is 18.7 Å². The van der Waals surface area contributed by atoms with Gasteiger partial charge in [0.25, 0.3) is 0 Å². The Bertz CT molecular complexity index is 1410. The summed E-state index contributed by atoms with van der Waals surface area (Å²) in [5.74, 6) is -1.55. The third kappa shape index (κ3) is 4.61. The Morgan fingerprint density at radius 3 is 2.65 bits per heavy atom. The molecule has 1 aromatic heterocycles. The van der Waals surface area contributed by atoms with Crippen LogP contribution in [0.4, 0.5) is 20.3 Å². The van der Waals surface area contributed by atoms with E-state index in [9.17, 15) is 27.3 Å². The molecular formula is C22H20F2N6O3S. The maximum Gasteiger partial charge on any atom is 0.243 e. The van der Waals surface area contributed by atoms with Crippen LogP contribution in [0, 0.1) is 23.0 Å². The fourth-order valence-corrected chi connectivity index (χ4v) is 4.86. The van der Waals surface area contributed by atoms with Crippen LogP contribution < -0.4 is 15.8 Å². The Kier molecular flexibility index (Phi) is 6.32. The van der Waals surface area contributed by atoms with Crippen molar-refractivity contribution < 1.29 is 22.0 Å². The first kappa shape index (κ1) is 23.3. The number of nitrogen functional groups attached to an aromatic ring is 1. The van der Waals surface area contributed by atoms with Gasteiger partial charge in [0.05, 0.1) is 11.4 Å². The number of benzene rings is 2. The van der Waals surface area contributed by atoms with E-state index in [0.29, 0.717) is 23.4 Å². The van der Waals surface area contributed by atoms with Gasteiger partial charge < -0.3 is 11.1 Å². The fraction of sp³-hybridized carbons (Fsp3) is 0.227. The third-order valence-corrected chi connectivity index (χ3v) is 6.88. The molecular weight excluding hydrogens is 466 g/mol. The summed E-state index contributed by atoms with van der Waals surface area (Å²) >= 11 is 0. The molecule has 0 unspecified atom stereocenters. The minimum absolute atomic E-state index is 0.0379. The number of anilines is 2. The molecule has 34 heavy (non-hydrogen) atoms. The largest absolute Gasteiger partial charge is 0.382 e. The lowest BCUT2D eigenvalue weighted by Crippen LogP contribution is -2.27. The predicted octanol–water partition coefficient (Wildman–Crippen LogP) is 2.40.